The first-order chi connectivity index (χ1) is 12.2. The maximum atomic E-state index is 6.34. The molecule has 0 bridgehead atoms. The molecule has 0 aliphatic rings. The van der Waals surface area contributed by atoms with Crippen LogP contribution in [-0.2, 0) is 13.0 Å². The van der Waals surface area contributed by atoms with Crippen LogP contribution in [0.3, 0.4) is 0 Å². The first-order valence-corrected chi connectivity index (χ1v) is 8.68. The maximum Gasteiger partial charge on any atom is 0.162 e. The van der Waals surface area contributed by atoms with E-state index in [1.807, 2.05) is 6.07 Å². The second-order valence-electron chi connectivity index (χ2n) is 5.86. The van der Waals surface area contributed by atoms with Gasteiger partial charge in [0.25, 0.3) is 0 Å². The molecule has 0 saturated carbocycles. The lowest BCUT2D eigenvalue weighted by Crippen LogP contribution is -2.17. The van der Waals surface area contributed by atoms with Crippen molar-refractivity contribution in [3.8, 4) is 11.5 Å². The van der Waals surface area contributed by atoms with Gasteiger partial charge in [-0.3, -0.25) is 0 Å². The average molecular weight is 356 g/mol. The van der Waals surface area contributed by atoms with E-state index >= 15 is 0 Å². The molecule has 0 aromatic heterocycles. The zero-order valence-electron chi connectivity index (χ0n) is 14.5. The number of hydrogen-bond acceptors (Lipinski definition) is 3. The molecular formula is C21H22ClNO2. The van der Waals surface area contributed by atoms with Crippen molar-refractivity contribution >= 4 is 22.4 Å². The highest BCUT2D eigenvalue weighted by Gasteiger charge is 2.09. The number of rotatable bonds is 7. The summed E-state index contributed by atoms with van der Waals surface area (Å²) in [4.78, 5) is 0. The Morgan fingerprint density at radius 1 is 0.880 bits per heavy atom. The Hall–Kier alpha value is -2.23. The SMILES string of the molecule is COc1cc(Cl)c(CNCCc2cccc3ccccc23)cc1OC. The Labute approximate surface area is 153 Å². The normalized spacial score (nSPS) is 10.8. The summed E-state index contributed by atoms with van der Waals surface area (Å²) in [6, 6.07) is 18.7. The molecular weight excluding hydrogens is 334 g/mol. The van der Waals surface area contributed by atoms with E-state index in [2.05, 4.69) is 47.8 Å². The Kier molecular flexibility index (Phi) is 5.79. The van der Waals surface area contributed by atoms with E-state index in [1.165, 1.54) is 16.3 Å². The Bertz CT molecular complexity index is 858. The summed E-state index contributed by atoms with van der Waals surface area (Å²) in [5, 5.41) is 6.74. The van der Waals surface area contributed by atoms with E-state index in [-0.39, 0.29) is 0 Å². The van der Waals surface area contributed by atoms with Gasteiger partial charge in [-0.15, -0.1) is 0 Å². The van der Waals surface area contributed by atoms with Crippen molar-refractivity contribution in [2.45, 2.75) is 13.0 Å². The number of fused-ring (bicyclic) bond motifs is 1. The van der Waals surface area contributed by atoms with Crippen LogP contribution < -0.4 is 14.8 Å². The van der Waals surface area contributed by atoms with E-state index < -0.39 is 0 Å². The number of halogens is 1. The summed E-state index contributed by atoms with van der Waals surface area (Å²) in [5.74, 6) is 1.34. The van der Waals surface area contributed by atoms with Gasteiger partial charge in [-0.1, -0.05) is 54.1 Å². The molecule has 0 radical (unpaired) electrons. The summed E-state index contributed by atoms with van der Waals surface area (Å²) < 4.78 is 10.6. The van der Waals surface area contributed by atoms with E-state index in [0.717, 1.165) is 18.5 Å². The topological polar surface area (TPSA) is 30.5 Å². The minimum Gasteiger partial charge on any atom is -0.493 e. The van der Waals surface area contributed by atoms with Crippen LogP contribution in [-0.4, -0.2) is 20.8 Å². The molecule has 4 heteroatoms. The molecule has 0 amide bonds. The van der Waals surface area contributed by atoms with Gasteiger partial charge in [0.1, 0.15) is 0 Å². The van der Waals surface area contributed by atoms with Gasteiger partial charge in [0.2, 0.25) is 0 Å². The number of nitrogens with one attached hydrogen (secondary N) is 1. The quantitative estimate of drug-likeness (QED) is 0.615. The molecule has 25 heavy (non-hydrogen) atoms. The van der Waals surface area contributed by atoms with Gasteiger partial charge in [-0.2, -0.15) is 0 Å². The van der Waals surface area contributed by atoms with E-state index in [4.69, 9.17) is 21.1 Å². The fourth-order valence-corrected chi connectivity index (χ4v) is 3.21. The maximum absolute atomic E-state index is 6.34. The van der Waals surface area contributed by atoms with Crippen LogP contribution in [0, 0.1) is 0 Å². The molecule has 0 heterocycles. The van der Waals surface area contributed by atoms with Gasteiger partial charge in [-0.25, -0.2) is 0 Å². The third-order valence-electron chi connectivity index (χ3n) is 4.32. The van der Waals surface area contributed by atoms with Crippen LogP contribution >= 0.6 is 11.6 Å². The van der Waals surface area contributed by atoms with Crippen molar-refractivity contribution in [3.05, 3.63) is 70.7 Å². The molecule has 130 valence electrons. The van der Waals surface area contributed by atoms with Gasteiger partial charge in [-0.05, 0) is 40.9 Å². The Balaban J connectivity index is 1.63. The molecule has 3 aromatic rings. The molecule has 1 N–H and O–H groups in total. The fraction of sp³-hybridized carbons (Fsp3) is 0.238. The van der Waals surface area contributed by atoms with Crippen LogP contribution in [0.2, 0.25) is 5.02 Å². The molecule has 3 nitrogen and oxygen atoms in total. The van der Waals surface area contributed by atoms with Crippen LogP contribution in [0.5, 0.6) is 11.5 Å². The lowest BCUT2D eigenvalue weighted by molar-refractivity contribution is 0.354. The van der Waals surface area contributed by atoms with Crippen LogP contribution in [0.15, 0.2) is 54.6 Å². The number of benzene rings is 3. The number of hydrogen-bond donors (Lipinski definition) is 1. The van der Waals surface area contributed by atoms with Crippen molar-refractivity contribution in [3.63, 3.8) is 0 Å². The summed E-state index contributed by atoms with van der Waals surface area (Å²) in [5.41, 5.74) is 2.35. The van der Waals surface area contributed by atoms with Crippen molar-refractivity contribution in [2.24, 2.45) is 0 Å². The minimum atomic E-state index is 0.645. The third-order valence-corrected chi connectivity index (χ3v) is 4.67. The van der Waals surface area contributed by atoms with Crippen molar-refractivity contribution in [1.82, 2.24) is 5.32 Å². The Morgan fingerprint density at radius 3 is 2.40 bits per heavy atom. The van der Waals surface area contributed by atoms with Crippen LogP contribution in [0.1, 0.15) is 11.1 Å². The summed E-state index contributed by atoms with van der Waals surface area (Å²) >= 11 is 6.34. The largest absolute Gasteiger partial charge is 0.493 e. The first-order valence-electron chi connectivity index (χ1n) is 8.30. The van der Waals surface area contributed by atoms with Crippen LogP contribution in [0.4, 0.5) is 0 Å². The third kappa shape index (κ3) is 4.06. The minimum absolute atomic E-state index is 0.645. The highest BCUT2D eigenvalue weighted by Crippen LogP contribution is 2.33. The van der Waals surface area contributed by atoms with Gasteiger partial charge in [0.05, 0.1) is 14.2 Å². The van der Waals surface area contributed by atoms with Gasteiger partial charge < -0.3 is 14.8 Å². The van der Waals surface area contributed by atoms with Crippen molar-refractivity contribution in [1.29, 1.82) is 0 Å². The standard InChI is InChI=1S/C21H22ClNO2/c1-24-20-12-17(19(22)13-21(20)25-2)14-23-11-10-16-8-5-7-15-6-3-4-9-18(15)16/h3-9,12-13,23H,10-11,14H2,1-2H3. The van der Waals surface area contributed by atoms with Crippen LogP contribution in [0.25, 0.3) is 10.8 Å². The highest BCUT2D eigenvalue weighted by molar-refractivity contribution is 6.31. The second kappa shape index (κ2) is 8.24. The molecule has 3 rings (SSSR count). The van der Waals surface area contributed by atoms with Gasteiger partial charge >= 0.3 is 0 Å². The van der Waals surface area contributed by atoms with E-state index in [0.29, 0.717) is 23.1 Å². The molecule has 3 aromatic carbocycles. The fourth-order valence-electron chi connectivity index (χ4n) is 2.99. The summed E-state index contributed by atoms with van der Waals surface area (Å²) in [6.07, 6.45) is 0.965. The highest BCUT2D eigenvalue weighted by atomic mass is 35.5. The van der Waals surface area contributed by atoms with E-state index in [1.54, 1.807) is 20.3 Å². The number of methoxy groups -OCH3 is 2. The summed E-state index contributed by atoms with van der Waals surface area (Å²) in [6.45, 7) is 1.56. The first kappa shape index (κ1) is 17.6. The van der Waals surface area contributed by atoms with Gasteiger partial charge in [0.15, 0.2) is 11.5 Å². The second-order valence-corrected chi connectivity index (χ2v) is 6.27. The zero-order valence-corrected chi connectivity index (χ0v) is 15.3. The van der Waals surface area contributed by atoms with Crippen molar-refractivity contribution in [2.75, 3.05) is 20.8 Å². The zero-order chi connectivity index (χ0) is 17.6. The predicted molar refractivity (Wildman–Crippen MR) is 104 cm³/mol. The molecule has 0 aliphatic heterocycles. The molecule has 0 saturated heterocycles. The molecule has 0 unspecified atom stereocenters. The smallest absolute Gasteiger partial charge is 0.162 e. The number of ether oxygens (including phenoxy) is 2. The lowest BCUT2D eigenvalue weighted by Gasteiger charge is -2.13. The monoisotopic (exact) mass is 355 g/mol. The lowest BCUT2D eigenvalue weighted by atomic mass is 10.0. The average Bonchev–Trinajstić information content (AvgIpc) is 2.66. The summed E-state index contributed by atoms with van der Waals surface area (Å²) in [7, 11) is 3.24. The Morgan fingerprint density at radius 2 is 1.60 bits per heavy atom. The van der Waals surface area contributed by atoms with Crippen molar-refractivity contribution < 1.29 is 9.47 Å². The predicted octanol–water partition coefficient (Wildman–Crippen LogP) is 4.84. The molecule has 0 atom stereocenters. The molecule has 0 aliphatic carbocycles. The molecule has 0 spiro atoms. The van der Waals surface area contributed by atoms with Gasteiger partial charge in [0, 0.05) is 17.6 Å². The molecule has 0 fully saturated rings. The van der Waals surface area contributed by atoms with E-state index in [9.17, 15) is 0 Å².